The zero-order valence-electron chi connectivity index (χ0n) is 15.5. The van der Waals surface area contributed by atoms with Gasteiger partial charge in [0, 0.05) is 19.2 Å². The molecule has 0 bridgehead atoms. The number of carbonyl (C=O) groups is 1. The van der Waals surface area contributed by atoms with E-state index in [0.29, 0.717) is 0 Å². The number of nitro groups is 1. The van der Waals surface area contributed by atoms with E-state index in [1.54, 1.807) is 0 Å². The standard InChI is InChI=1S/C19H20N2O7S/c22-19(27-14-15-6-2-1-3-7-15)20-12-10-16(11-13-20)28-29(25,26)18-9-5-4-8-17(18)21(23)24/h1-9,16H,10-14H2. The van der Waals surface area contributed by atoms with Gasteiger partial charge in [-0.2, -0.15) is 8.42 Å². The highest BCUT2D eigenvalue weighted by Gasteiger charge is 2.32. The van der Waals surface area contributed by atoms with Crippen LogP contribution in [0.5, 0.6) is 0 Å². The van der Waals surface area contributed by atoms with Crippen LogP contribution in [-0.2, 0) is 25.6 Å². The van der Waals surface area contributed by atoms with Gasteiger partial charge >= 0.3 is 16.2 Å². The Balaban J connectivity index is 1.54. The van der Waals surface area contributed by atoms with Crippen LogP contribution < -0.4 is 0 Å². The van der Waals surface area contributed by atoms with Crippen molar-refractivity contribution >= 4 is 21.9 Å². The molecule has 0 radical (unpaired) electrons. The molecule has 1 amide bonds. The number of rotatable bonds is 6. The number of ether oxygens (including phenoxy) is 1. The van der Waals surface area contributed by atoms with Crippen molar-refractivity contribution in [3.05, 3.63) is 70.3 Å². The molecule has 0 aliphatic carbocycles. The second-order valence-corrected chi connectivity index (χ2v) is 8.04. The van der Waals surface area contributed by atoms with E-state index in [0.717, 1.165) is 17.7 Å². The molecule has 0 spiro atoms. The number of hydrogen-bond donors (Lipinski definition) is 0. The fraction of sp³-hybridized carbons (Fsp3) is 0.316. The monoisotopic (exact) mass is 420 g/mol. The lowest BCUT2D eigenvalue weighted by atomic mass is 10.1. The van der Waals surface area contributed by atoms with E-state index >= 15 is 0 Å². The van der Waals surface area contributed by atoms with Gasteiger partial charge in [0.15, 0.2) is 4.90 Å². The second kappa shape index (κ2) is 9.01. The zero-order valence-corrected chi connectivity index (χ0v) is 16.3. The van der Waals surface area contributed by atoms with Crippen molar-refractivity contribution in [3.63, 3.8) is 0 Å². The summed E-state index contributed by atoms with van der Waals surface area (Å²) in [7, 11) is -4.30. The first-order valence-corrected chi connectivity index (χ1v) is 10.4. The van der Waals surface area contributed by atoms with Crippen molar-refractivity contribution in [1.29, 1.82) is 0 Å². The SMILES string of the molecule is O=C(OCc1ccccc1)N1CCC(OS(=O)(=O)c2ccccc2[N+](=O)[O-])CC1. The Kier molecular flexibility index (Phi) is 6.45. The molecule has 1 heterocycles. The van der Waals surface area contributed by atoms with Crippen LogP contribution in [0, 0.1) is 10.1 Å². The van der Waals surface area contributed by atoms with Gasteiger partial charge in [0.2, 0.25) is 0 Å². The van der Waals surface area contributed by atoms with Crippen molar-refractivity contribution in [2.24, 2.45) is 0 Å². The van der Waals surface area contributed by atoms with Gasteiger partial charge in [0.1, 0.15) is 6.61 Å². The molecule has 29 heavy (non-hydrogen) atoms. The van der Waals surface area contributed by atoms with Crippen LogP contribution in [0.25, 0.3) is 0 Å². The lowest BCUT2D eigenvalue weighted by Gasteiger charge is -2.30. The molecule has 1 aliphatic rings. The lowest BCUT2D eigenvalue weighted by molar-refractivity contribution is -0.387. The Hall–Kier alpha value is -2.98. The van der Waals surface area contributed by atoms with Gasteiger partial charge in [-0.25, -0.2) is 4.79 Å². The zero-order chi connectivity index (χ0) is 20.9. The molecule has 1 fully saturated rings. The molecule has 2 aromatic carbocycles. The van der Waals surface area contributed by atoms with E-state index in [2.05, 4.69) is 0 Å². The first kappa shape index (κ1) is 20.7. The van der Waals surface area contributed by atoms with Crippen LogP contribution in [0.2, 0.25) is 0 Å². The van der Waals surface area contributed by atoms with Gasteiger partial charge in [-0.15, -0.1) is 0 Å². The van der Waals surface area contributed by atoms with E-state index in [-0.39, 0.29) is 32.5 Å². The fourth-order valence-corrected chi connectivity index (χ4v) is 4.29. The quantitative estimate of drug-likeness (QED) is 0.400. The molecule has 1 saturated heterocycles. The van der Waals surface area contributed by atoms with Crippen molar-refractivity contribution in [1.82, 2.24) is 4.90 Å². The summed E-state index contributed by atoms with van der Waals surface area (Å²) in [5, 5.41) is 11.1. The molecule has 0 saturated carbocycles. The number of hydrogen-bond acceptors (Lipinski definition) is 7. The average molecular weight is 420 g/mol. The lowest BCUT2D eigenvalue weighted by Crippen LogP contribution is -2.41. The summed E-state index contributed by atoms with van der Waals surface area (Å²) >= 11 is 0. The van der Waals surface area contributed by atoms with Crippen molar-refractivity contribution in [3.8, 4) is 0 Å². The third-order valence-electron chi connectivity index (χ3n) is 4.50. The van der Waals surface area contributed by atoms with E-state index in [1.165, 1.54) is 17.0 Å². The molecule has 0 aromatic heterocycles. The number of amides is 1. The highest BCUT2D eigenvalue weighted by molar-refractivity contribution is 7.87. The van der Waals surface area contributed by atoms with Crippen LogP contribution >= 0.6 is 0 Å². The minimum absolute atomic E-state index is 0.155. The Bertz CT molecular complexity index is 971. The Morgan fingerprint density at radius 2 is 1.69 bits per heavy atom. The van der Waals surface area contributed by atoms with E-state index in [4.69, 9.17) is 8.92 Å². The molecule has 0 atom stereocenters. The summed E-state index contributed by atoms with van der Waals surface area (Å²) in [5.74, 6) is 0. The van der Waals surface area contributed by atoms with Crippen LogP contribution in [0.3, 0.4) is 0 Å². The van der Waals surface area contributed by atoms with Crippen LogP contribution in [0.15, 0.2) is 59.5 Å². The molecular formula is C19H20N2O7S. The van der Waals surface area contributed by atoms with Crippen LogP contribution in [0.4, 0.5) is 10.5 Å². The minimum atomic E-state index is -4.30. The maximum absolute atomic E-state index is 12.5. The Labute approximate surface area is 168 Å². The molecule has 0 unspecified atom stereocenters. The molecule has 2 aromatic rings. The van der Waals surface area contributed by atoms with Crippen molar-refractivity contribution in [2.75, 3.05) is 13.1 Å². The number of nitro benzene ring substituents is 1. The number of piperidine rings is 1. The average Bonchev–Trinajstić information content (AvgIpc) is 2.73. The summed E-state index contributed by atoms with van der Waals surface area (Å²) in [4.78, 5) is 23.5. The predicted octanol–water partition coefficient (Wildman–Crippen LogP) is 3.10. The minimum Gasteiger partial charge on any atom is -0.445 e. The molecule has 10 heteroatoms. The van der Waals surface area contributed by atoms with Gasteiger partial charge in [-0.05, 0) is 24.5 Å². The maximum Gasteiger partial charge on any atom is 0.410 e. The first-order valence-electron chi connectivity index (χ1n) is 8.99. The molecular weight excluding hydrogens is 400 g/mol. The summed E-state index contributed by atoms with van der Waals surface area (Å²) in [6.45, 7) is 0.692. The van der Waals surface area contributed by atoms with Gasteiger partial charge in [-0.1, -0.05) is 42.5 Å². The Morgan fingerprint density at radius 3 is 2.34 bits per heavy atom. The smallest absolute Gasteiger partial charge is 0.410 e. The van der Waals surface area contributed by atoms with Crippen molar-refractivity contribution in [2.45, 2.75) is 30.4 Å². The number of nitrogens with zero attached hydrogens (tertiary/aromatic N) is 2. The summed E-state index contributed by atoms with van der Waals surface area (Å²) in [5.41, 5.74) is 0.337. The first-order chi connectivity index (χ1) is 13.9. The third-order valence-corrected chi connectivity index (χ3v) is 5.91. The van der Waals surface area contributed by atoms with E-state index in [9.17, 15) is 23.3 Å². The summed E-state index contributed by atoms with van der Waals surface area (Å²) in [6.07, 6.45) is -0.590. The highest BCUT2D eigenvalue weighted by atomic mass is 32.2. The van der Waals surface area contributed by atoms with Gasteiger partial charge in [0.25, 0.3) is 5.69 Å². The van der Waals surface area contributed by atoms with E-state index < -0.39 is 37.8 Å². The van der Waals surface area contributed by atoms with E-state index in [1.807, 2.05) is 30.3 Å². The molecule has 1 aliphatic heterocycles. The summed E-state index contributed by atoms with van der Waals surface area (Å²) in [6, 6.07) is 14.3. The number of para-hydroxylation sites is 1. The van der Waals surface area contributed by atoms with Crippen molar-refractivity contribution < 1.29 is 27.1 Å². The molecule has 3 rings (SSSR count). The Morgan fingerprint density at radius 1 is 1.07 bits per heavy atom. The molecule has 154 valence electrons. The highest BCUT2D eigenvalue weighted by Crippen LogP contribution is 2.27. The topological polar surface area (TPSA) is 116 Å². The summed E-state index contributed by atoms with van der Waals surface area (Å²) < 4.78 is 35.4. The van der Waals surface area contributed by atoms with Gasteiger partial charge in [-0.3, -0.25) is 14.3 Å². The fourth-order valence-electron chi connectivity index (χ4n) is 3.00. The second-order valence-electron chi connectivity index (χ2n) is 6.50. The molecule has 9 nitrogen and oxygen atoms in total. The number of benzene rings is 2. The van der Waals surface area contributed by atoms with Gasteiger partial charge < -0.3 is 9.64 Å². The molecule has 0 N–H and O–H groups in total. The number of likely N-dealkylation sites (tertiary alicyclic amines) is 1. The van der Waals surface area contributed by atoms with Crippen LogP contribution in [-0.4, -0.2) is 43.5 Å². The predicted molar refractivity (Wildman–Crippen MR) is 103 cm³/mol. The normalized spacial score (nSPS) is 15.1. The third kappa shape index (κ3) is 5.30. The van der Waals surface area contributed by atoms with Gasteiger partial charge in [0.05, 0.1) is 11.0 Å². The van der Waals surface area contributed by atoms with Crippen LogP contribution in [0.1, 0.15) is 18.4 Å². The number of carbonyl (C=O) groups excluding carboxylic acids is 1. The maximum atomic E-state index is 12.5. The largest absolute Gasteiger partial charge is 0.445 e.